The first-order valence-corrected chi connectivity index (χ1v) is 6.47. The molecule has 2 aromatic rings. The number of non-ortho nitro benzene ring substituents is 1. The number of nitro groups is 2. The number of rotatable bonds is 4. The number of fused-ring (bicyclic) bond motifs is 1. The Kier molecular flexibility index (Phi) is 3.43. The van der Waals surface area contributed by atoms with E-state index >= 15 is 0 Å². The second kappa shape index (κ2) is 5.41. The van der Waals surface area contributed by atoms with Gasteiger partial charge in [-0.05, 0) is 17.2 Å². The minimum absolute atomic E-state index is 0.0107. The van der Waals surface area contributed by atoms with Crippen molar-refractivity contribution in [3.05, 3.63) is 73.8 Å². The fraction of sp³-hybridized carbons (Fsp3) is 0.143. The summed E-state index contributed by atoms with van der Waals surface area (Å²) in [6.45, 7) is 1.01. The van der Waals surface area contributed by atoms with Crippen molar-refractivity contribution in [3.8, 4) is 5.75 Å². The van der Waals surface area contributed by atoms with Gasteiger partial charge in [0.25, 0.3) is 5.69 Å². The second-order valence-electron chi connectivity index (χ2n) is 4.82. The zero-order chi connectivity index (χ0) is 15.7. The first-order chi connectivity index (χ1) is 10.5. The largest absolute Gasteiger partial charge is 0.398 e. The molecule has 0 radical (unpaired) electrons. The van der Waals surface area contributed by atoms with Gasteiger partial charge in [-0.15, -0.1) is 5.06 Å². The molecule has 0 saturated heterocycles. The predicted octanol–water partition coefficient (Wildman–Crippen LogP) is 2.81. The number of nitrogens with zero attached hydrogens (tertiary/aromatic N) is 3. The van der Waals surface area contributed by atoms with Gasteiger partial charge in [0.05, 0.1) is 29.0 Å². The van der Waals surface area contributed by atoms with E-state index in [-0.39, 0.29) is 11.4 Å². The maximum Gasteiger partial charge on any atom is 0.320 e. The van der Waals surface area contributed by atoms with Gasteiger partial charge in [-0.1, -0.05) is 24.3 Å². The van der Waals surface area contributed by atoms with Crippen LogP contribution in [-0.2, 0) is 13.1 Å². The highest BCUT2D eigenvalue weighted by atomic mass is 16.7. The van der Waals surface area contributed by atoms with Crippen LogP contribution < -0.4 is 4.84 Å². The summed E-state index contributed by atoms with van der Waals surface area (Å²) in [4.78, 5) is 26.0. The van der Waals surface area contributed by atoms with E-state index in [9.17, 15) is 20.2 Å². The lowest BCUT2D eigenvalue weighted by molar-refractivity contribution is -0.395. The van der Waals surface area contributed by atoms with Gasteiger partial charge in [0, 0.05) is 6.07 Å². The molecule has 0 saturated carbocycles. The van der Waals surface area contributed by atoms with Gasteiger partial charge in [-0.3, -0.25) is 20.2 Å². The van der Waals surface area contributed by atoms with Gasteiger partial charge >= 0.3 is 5.69 Å². The van der Waals surface area contributed by atoms with Crippen LogP contribution in [-0.4, -0.2) is 14.9 Å². The quantitative estimate of drug-likeness (QED) is 0.636. The van der Waals surface area contributed by atoms with Crippen LogP contribution in [0.5, 0.6) is 5.75 Å². The molecule has 1 aliphatic rings. The fourth-order valence-electron chi connectivity index (χ4n) is 2.34. The molecule has 0 unspecified atom stereocenters. The molecular weight excluding hydrogens is 290 g/mol. The summed E-state index contributed by atoms with van der Waals surface area (Å²) in [5.41, 5.74) is 1.41. The zero-order valence-electron chi connectivity index (χ0n) is 11.3. The first-order valence-electron chi connectivity index (χ1n) is 6.47. The van der Waals surface area contributed by atoms with Crippen LogP contribution in [0.25, 0.3) is 0 Å². The minimum Gasteiger partial charge on any atom is -0.398 e. The molecule has 0 aromatic heterocycles. The van der Waals surface area contributed by atoms with Crippen molar-refractivity contribution in [2.75, 3.05) is 0 Å². The van der Waals surface area contributed by atoms with Gasteiger partial charge in [0.2, 0.25) is 5.75 Å². The molecule has 1 heterocycles. The van der Waals surface area contributed by atoms with Crippen LogP contribution in [0, 0.1) is 20.2 Å². The average molecular weight is 301 g/mol. The Morgan fingerprint density at radius 1 is 0.955 bits per heavy atom. The molecule has 0 amide bonds. The van der Waals surface area contributed by atoms with Gasteiger partial charge in [-0.2, -0.15) is 0 Å². The van der Waals surface area contributed by atoms with E-state index in [1.165, 1.54) is 12.1 Å². The van der Waals surface area contributed by atoms with Crippen molar-refractivity contribution in [2.45, 2.75) is 13.1 Å². The molecule has 0 aliphatic carbocycles. The molecule has 8 heteroatoms. The van der Waals surface area contributed by atoms with E-state index in [1.54, 1.807) is 5.06 Å². The van der Waals surface area contributed by atoms with Crippen LogP contribution in [0.4, 0.5) is 11.4 Å². The highest BCUT2D eigenvalue weighted by molar-refractivity contribution is 5.53. The lowest BCUT2D eigenvalue weighted by atomic mass is 10.1. The Balaban J connectivity index is 1.84. The summed E-state index contributed by atoms with van der Waals surface area (Å²) < 4.78 is 0. The normalized spacial score (nSPS) is 13.6. The molecular formula is C14H11N3O5. The van der Waals surface area contributed by atoms with Crippen LogP contribution in [0.15, 0.2) is 42.5 Å². The monoisotopic (exact) mass is 301 g/mol. The highest BCUT2D eigenvalue weighted by Gasteiger charge is 2.25. The summed E-state index contributed by atoms with van der Waals surface area (Å²) in [6.07, 6.45) is 0. The summed E-state index contributed by atoms with van der Waals surface area (Å²) in [5.74, 6) is -0.0107. The summed E-state index contributed by atoms with van der Waals surface area (Å²) in [5, 5.41) is 23.4. The Morgan fingerprint density at radius 2 is 1.59 bits per heavy atom. The smallest absolute Gasteiger partial charge is 0.320 e. The minimum atomic E-state index is -0.689. The maximum atomic E-state index is 11.1. The third-order valence-electron chi connectivity index (χ3n) is 3.39. The van der Waals surface area contributed by atoms with E-state index < -0.39 is 15.5 Å². The van der Waals surface area contributed by atoms with Crippen molar-refractivity contribution in [3.63, 3.8) is 0 Å². The number of benzene rings is 2. The third-order valence-corrected chi connectivity index (χ3v) is 3.39. The van der Waals surface area contributed by atoms with Crippen LogP contribution in [0.1, 0.15) is 11.1 Å². The Bertz CT molecular complexity index is 737. The molecule has 0 spiro atoms. The molecule has 0 N–H and O–H groups in total. The predicted molar refractivity (Wildman–Crippen MR) is 76.1 cm³/mol. The van der Waals surface area contributed by atoms with Crippen molar-refractivity contribution in [2.24, 2.45) is 0 Å². The van der Waals surface area contributed by atoms with Gasteiger partial charge in [0.15, 0.2) is 0 Å². The topological polar surface area (TPSA) is 98.8 Å². The first kappa shape index (κ1) is 14.0. The Hall–Kier alpha value is -3.00. The van der Waals surface area contributed by atoms with Crippen LogP contribution in [0.3, 0.4) is 0 Å². The summed E-state index contributed by atoms with van der Waals surface area (Å²) >= 11 is 0. The van der Waals surface area contributed by atoms with Crippen LogP contribution >= 0.6 is 0 Å². The molecule has 2 aromatic carbocycles. The average Bonchev–Trinajstić information content (AvgIpc) is 2.89. The summed E-state index contributed by atoms with van der Waals surface area (Å²) in [6, 6.07) is 11.1. The fourth-order valence-corrected chi connectivity index (χ4v) is 2.34. The standard InChI is InChI=1S/C14H11N3O5/c18-16(19)12-5-6-14(13(7-12)17(20)21)22-15-8-10-3-1-2-4-11(10)9-15/h1-7H,8-9H2. The summed E-state index contributed by atoms with van der Waals surface area (Å²) in [7, 11) is 0. The van der Waals surface area contributed by atoms with Crippen molar-refractivity contribution >= 4 is 11.4 Å². The maximum absolute atomic E-state index is 11.1. The van der Waals surface area contributed by atoms with Gasteiger partial charge in [0.1, 0.15) is 0 Å². The SMILES string of the molecule is O=[N+]([O-])c1ccc(ON2Cc3ccccc3C2)c([N+](=O)[O-])c1. The van der Waals surface area contributed by atoms with Gasteiger partial charge in [-0.25, -0.2) is 0 Å². The van der Waals surface area contributed by atoms with E-state index in [1.807, 2.05) is 24.3 Å². The van der Waals surface area contributed by atoms with E-state index in [2.05, 4.69) is 0 Å². The number of hydrogen-bond donors (Lipinski definition) is 0. The second-order valence-corrected chi connectivity index (χ2v) is 4.82. The van der Waals surface area contributed by atoms with E-state index in [0.29, 0.717) is 13.1 Å². The number of nitro benzene ring substituents is 2. The number of hydrogen-bond acceptors (Lipinski definition) is 6. The molecule has 1 aliphatic heterocycles. The molecule has 0 atom stereocenters. The lowest BCUT2D eigenvalue weighted by Crippen LogP contribution is -2.21. The van der Waals surface area contributed by atoms with Crippen molar-refractivity contribution in [1.82, 2.24) is 5.06 Å². The Morgan fingerprint density at radius 3 is 2.14 bits per heavy atom. The molecule has 8 nitrogen and oxygen atoms in total. The van der Waals surface area contributed by atoms with E-state index in [4.69, 9.17) is 4.84 Å². The van der Waals surface area contributed by atoms with Gasteiger partial charge < -0.3 is 4.84 Å². The van der Waals surface area contributed by atoms with Crippen molar-refractivity contribution < 1.29 is 14.7 Å². The molecule has 112 valence electrons. The molecule has 0 bridgehead atoms. The van der Waals surface area contributed by atoms with E-state index in [0.717, 1.165) is 17.2 Å². The molecule has 3 rings (SSSR count). The molecule has 22 heavy (non-hydrogen) atoms. The van der Waals surface area contributed by atoms with Crippen LogP contribution in [0.2, 0.25) is 0 Å². The highest BCUT2D eigenvalue weighted by Crippen LogP contribution is 2.33. The Labute approximate surface area is 124 Å². The zero-order valence-corrected chi connectivity index (χ0v) is 11.3. The number of hydroxylamine groups is 2. The lowest BCUT2D eigenvalue weighted by Gasteiger charge is -2.15. The van der Waals surface area contributed by atoms with Crippen molar-refractivity contribution in [1.29, 1.82) is 0 Å². The third kappa shape index (κ3) is 2.59. The molecule has 0 fully saturated rings.